The predicted molar refractivity (Wildman–Crippen MR) is 88.5 cm³/mol. The van der Waals surface area contributed by atoms with E-state index in [1.54, 1.807) is 12.3 Å². The molecule has 0 aliphatic carbocycles. The zero-order valence-electron chi connectivity index (χ0n) is 12.4. The van der Waals surface area contributed by atoms with Gasteiger partial charge in [0.05, 0.1) is 10.0 Å². The van der Waals surface area contributed by atoms with Crippen LogP contribution in [0.4, 0.5) is 5.82 Å². The summed E-state index contributed by atoms with van der Waals surface area (Å²) in [6.07, 6.45) is 2.94. The lowest BCUT2D eigenvalue weighted by atomic mass is 9.89. The number of pyridine rings is 1. The van der Waals surface area contributed by atoms with Crippen LogP contribution in [0.3, 0.4) is 0 Å². The highest BCUT2D eigenvalue weighted by atomic mass is 35.5. The van der Waals surface area contributed by atoms with Crippen molar-refractivity contribution in [1.82, 2.24) is 15.2 Å². The highest BCUT2D eigenvalue weighted by Crippen LogP contribution is 2.29. The van der Waals surface area contributed by atoms with Gasteiger partial charge in [-0.05, 0) is 24.4 Å². The van der Waals surface area contributed by atoms with Crippen molar-refractivity contribution in [3.05, 3.63) is 22.3 Å². The lowest BCUT2D eigenvalue weighted by molar-refractivity contribution is 0.169. The first-order chi connectivity index (χ1) is 10.1. The van der Waals surface area contributed by atoms with Crippen LogP contribution in [0.2, 0.25) is 10.0 Å². The van der Waals surface area contributed by atoms with Gasteiger partial charge in [0.15, 0.2) is 0 Å². The van der Waals surface area contributed by atoms with E-state index in [0.29, 0.717) is 15.5 Å². The van der Waals surface area contributed by atoms with Gasteiger partial charge in [-0.25, -0.2) is 4.98 Å². The third-order valence-corrected chi connectivity index (χ3v) is 5.01. The Morgan fingerprint density at radius 1 is 1.29 bits per heavy atom. The zero-order chi connectivity index (χ0) is 14.9. The molecule has 4 nitrogen and oxygen atoms in total. The monoisotopic (exact) mass is 328 g/mol. The Kier molecular flexibility index (Phi) is 4.60. The average Bonchev–Trinajstić information content (AvgIpc) is 2.87. The van der Waals surface area contributed by atoms with E-state index in [0.717, 1.165) is 45.1 Å². The van der Waals surface area contributed by atoms with E-state index >= 15 is 0 Å². The lowest BCUT2D eigenvalue weighted by Gasteiger charge is -2.39. The van der Waals surface area contributed by atoms with Crippen molar-refractivity contribution in [3.63, 3.8) is 0 Å². The standard InChI is InChI=1S/C15H22Cl2N4/c1-15(2-3-18-10-15)11-20-4-6-21(7-5-20)14-13(17)8-12(16)9-19-14/h8-9,18H,2-7,10-11H2,1H3. The highest BCUT2D eigenvalue weighted by Gasteiger charge is 2.32. The van der Waals surface area contributed by atoms with Gasteiger partial charge in [-0.3, -0.25) is 4.90 Å². The molecule has 2 fully saturated rings. The van der Waals surface area contributed by atoms with E-state index in [1.165, 1.54) is 13.0 Å². The molecular weight excluding hydrogens is 307 g/mol. The number of anilines is 1. The first-order valence-electron chi connectivity index (χ1n) is 7.55. The SMILES string of the molecule is CC1(CN2CCN(c3ncc(Cl)cc3Cl)CC2)CCNC1. The van der Waals surface area contributed by atoms with E-state index in [1.807, 2.05) is 0 Å². The van der Waals surface area contributed by atoms with Gasteiger partial charge in [0, 0.05) is 45.5 Å². The molecule has 0 aromatic carbocycles. The fourth-order valence-corrected chi connectivity index (χ4v) is 3.80. The molecule has 2 aliphatic heterocycles. The van der Waals surface area contributed by atoms with Crippen molar-refractivity contribution in [2.24, 2.45) is 5.41 Å². The molecule has 1 aromatic heterocycles. The first-order valence-corrected chi connectivity index (χ1v) is 8.30. The van der Waals surface area contributed by atoms with Gasteiger partial charge in [-0.2, -0.15) is 0 Å². The number of rotatable bonds is 3. The van der Waals surface area contributed by atoms with Crippen LogP contribution in [0.5, 0.6) is 0 Å². The number of nitrogens with one attached hydrogen (secondary N) is 1. The summed E-state index contributed by atoms with van der Waals surface area (Å²) in [6.45, 7) is 9.92. The molecule has 3 rings (SSSR count). The Morgan fingerprint density at radius 2 is 2.05 bits per heavy atom. The molecule has 0 amide bonds. The second-order valence-electron chi connectivity index (χ2n) is 6.46. The van der Waals surface area contributed by atoms with Gasteiger partial charge >= 0.3 is 0 Å². The maximum Gasteiger partial charge on any atom is 0.147 e. The molecule has 0 radical (unpaired) electrons. The number of hydrogen-bond donors (Lipinski definition) is 1. The summed E-state index contributed by atoms with van der Waals surface area (Å²) < 4.78 is 0. The molecule has 21 heavy (non-hydrogen) atoms. The van der Waals surface area contributed by atoms with Crippen molar-refractivity contribution in [2.75, 3.05) is 50.7 Å². The van der Waals surface area contributed by atoms with Crippen molar-refractivity contribution in [1.29, 1.82) is 0 Å². The number of piperazine rings is 1. The van der Waals surface area contributed by atoms with Crippen LogP contribution in [0.15, 0.2) is 12.3 Å². The van der Waals surface area contributed by atoms with Gasteiger partial charge in [-0.15, -0.1) is 0 Å². The van der Waals surface area contributed by atoms with Crippen LogP contribution in [-0.2, 0) is 0 Å². The number of nitrogens with zero attached hydrogens (tertiary/aromatic N) is 3. The number of aromatic nitrogens is 1. The summed E-state index contributed by atoms with van der Waals surface area (Å²) in [5.41, 5.74) is 0.429. The van der Waals surface area contributed by atoms with Crippen molar-refractivity contribution in [3.8, 4) is 0 Å². The van der Waals surface area contributed by atoms with Crippen LogP contribution < -0.4 is 10.2 Å². The zero-order valence-corrected chi connectivity index (χ0v) is 13.9. The molecule has 1 atom stereocenters. The topological polar surface area (TPSA) is 31.4 Å². The minimum absolute atomic E-state index is 0.429. The fourth-order valence-electron chi connectivity index (χ4n) is 3.30. The molecule has 0 spiro atoms. The van der Waals surface area contributed by atoms with Gasteiger partial charge in [0.1, 0.15) is 5.82 Å². The van der Waals surface area contributed by atoms with Gasteiger partial charge in [0.25, 0.3) is 0 Å². The molecular formula is C15H22Cl2N4. The molecule has 6 heteroatoms. The van der Waals surface area contributed by atoms with Gasteiger partial charge < -0.3 is 10.2 Å². The lowest BCUT2D eigenvalue weighted by Crippen LogP contribution is -2.50. The van der Waals surface area contributed by atoms with Crippen molar-refractivity contribution < 1.29 is 0 Å². The Bertz CT molecular complexity index is 494. The molecule has 0 bridgehead atoms. The molecule has 3 heterocycles. The maximum absolute atomic E-state index is 6.25. The van der Waals surface area contributed by atoms with Crippen LogP contribution in [0.1, 0.15) is 13.3 Å². The third-order valence-electron chi connectivity index (χ3n) is 4.52. The first kappa shape index (κ1) is 15.3. The second kappa shape index (κ2) is 6.29. The normalized spacial score (nSPS) is 27.3. The van der Waals surface area contributed by atoms with E-state index in [2.05, 4.69) is 27.0 Å². The van der Waals surface area contributed by atoms with E-state index in [9.17, 15) is 0 Å². The predicted octanol–water partition coefficient (Wildman–Crippen LogP) is 2.51. The Labute approximate surface area is 136 Å². The molecule has 116 valence electrons. The minimum Gasteiger partial charge on any atom is -0.353 e. The van der Waals surface area contributed by atoms with Crippen molar-refractivity contribution in [2.45, 2.75) is 13.3 Å². The van der Waals surface area contributed by atoms with Crippen molar-refractivity contribution >= 4 is 29.0 Å². The summed E-state index contributed by atoms with van der Waals surface area (Å²) in [7, 11) is 0. The molecule has 1 aromatic rings. The molecule has 1 N–H and O–H groups in total. The summed E-state index contributed by atoms with van der Waals surface area (Å²) >= 11 is 12.2. The molecule has 0 saturated carbocycles. The van der Waals surface area contributed by atoms with E-state index in [-0.39, 0.29) is 0 Å². The van der Waals surface area contributed by atoms with Gasteiger partial charge in [0.2, 0.25) is 0 Å². The molecule has 1 unspecified atom stereocenters. The van der Waals surface area contributed by atoms with E-state index < -0.39 is 0 Å². The fraction of sp³-hybridized carbons (Fsp3) is 0.667. The maximum atomic E-state index is 6.25. The van der Waals surface area contributed by atoms with Crippen LogP contribution in [0, 0.1) is 5.41 Å². The second-order valence-corrected chi connectivity index (χ2v) is 7.30. The number of hydrogen-bond acceptors (Lipinski definition) is 4. The minimum atomic E-state index is 0.429. The van der Waals surface area contributed by atoms with Gasteiger partial charge in [-0.1, -0.05) is 30.1 Å². The van der Waals surface area contributed by atoms with Crippen LogP contribution >= 0.6 is 23.2 Å². The smallest absolute Gasteiger partial charge is 0.147 e. The Hall–Kier alpha value is -0.550. The quantitative estimate of drug-likeness (QED) is 0.923. The Balaban J connectivity index is 1.57. The molecule has 2 saturated heterocycles. The molecule has 2 aliphatic rings. The van der Waals surface area contributed by atoms with Crippen LogP contribution in [0.25, 0.3) is 0 Å². The summed E-state index contributed by atoms with van der Waals surface area (Å²) in [4.78, 5) is 9.19. The Morgan fingerprint density at radius 3 is 2.67 bits per heavy atom. The largest absolute Gasteiger partial charge is 0.353 e. The summed E-state index contributed by atoms with van der Waals surface area (Å²) in [5, 5.41) is 4.70. The summed E-state index contributed by atoms with van der Waals surface area (Å²) in [6, 6.07) is 1.77. The number of halogens is 2. The van der Waals surface area contributed by atoms with Crippen LogP contribution in [-0.4, -0.2) is 55.7 Å². The highest BCUT2D eigenvalue weighted by molar-refractivity contribution is 6.36. The third kappa shape index (κ3) is 3.62. The summed E-state index contributed by atoms with van der Waals surface area (Å²) in [5.74, 6) is 0.856. The average molecular weight is 329 g/mol. The van der Waals surface area contributed by atoms with E-state index in [4.69, 9.17) is 23.2 Å².